The molecule has 7 heteroatoms. The van der Waals surface area contributed by atoms with Crippen molar-refractivity contribution in [3.63, 3.8) is 0 Å². The Kier molecular flexibility index (Phi) is 4.80. The number of nitrogens with one attached hydrogen (secondary N) is 1. The van der Waals surface area contributed by atoms with E-state index in [1.807, 2.05) is 6.07 Å². The molecule has 0 amide bonds. The third kappa shape index (κ3) is 3.54. The van der Waals surface area contributed by atoms with Gasteiger partial charge in [-0.2, -0.15) is 5.10 Å². The molecule has 2 atom stereocenters. The molecule has 8 rings (SSSR count). The zero-order valence-electron chi connectivity index (χ0n) is 19.3. The van der Waals surface area contributed by atoms with E-state index in [1.54, 1.807) is 6.07 Å². The van der Waals surface area contributed by atoms with E-state index >= 15 is 0 Å². The zero-order valence-corrected chi connectivity index (χ0v) is 20.1. The fourth-order valence-electron chi connectivity index (χ4n) is 6.43. The lowest BCUT2D eigenvalue weighted by Gasteiger charge is -2.47. The summed E-state index contributed by atoms with van der Waals surface area (Å²) in [6.07, 6.45) is 8.94. The fraction of sp³-hybridized carbons (Fsp3) is 0.481. The Balaban J connectivity index is 1.31. The Hall–Kier alpha value is -2.73. The molecule has 4 aliphatic rings. The smallest absolute Gasteiger partial charge is 0.183 e. The maximum absolute atomic E-state index is 6.24. The number of hydrogen-bond acceptors (Lipinski definition) is 5. The van der Waals surface area contributed by atoms with Crippen molar-refractivity contribution in [3.05, 3.63) is 46.9 Å². The minimum absolute atomic E-state index is 0.422. The standard InChI is InChI=1S/C27H28ClN5O/c1-14-15-2-4-16(5-3-15)20(14)12-18-13-21(23-10-9-22(34-23)17-6-7-17)30-27(29-18)25-19-8-11-24(28)31-26(19)33-32-25/h8-11,13-17,20H,2-7,12H2,1H3,(H,31,32,33)/t14-,15?,16?,20+/m0/s1. The van der Waals surface area contributed by atoms with E-state index in [2.05, 4.69) is 40.3 Å². The normalized spacial score (nSPS) is 26.4. The predicted molar refractivity (Wildman–Crippen MR) is 131 cm³/mol. The Bertz CT molecular complexity index is 1360. The van der Waals surface area contributed by atoms with E-state index < -0.39 is 0 Å². The Morgan fingerprint density at radius 3 is 2.59 bits per heavy atom. The second kappa shape index (κ2) is 7.91. The molecule has 34 heavy (non-hydrogen) atoms. The minimum atomic E-state index is 0.422. The molecule has 0 saturated heterocycles. The van der Waals surface area contributed by atoms with Crippen LogP contribution in [0.4, 0.5) is 0 Å². The summed E-state index contributed by atoms with van der Waals surface area (Å²) in [5, 5.41) is 8.76. The van der Waals surface area contributed by atoms with Crippen molar-refractivity contribution in [2.75, 3.05) is 0 Å². The molecule has 4 aromatic rings. The molecular formula is C27H28ClN5O. The van der Waals surface area contributed by atoms with E-state index in [9.17, 15) is 0 Å². The van der Waals surface area contributed by atoms with Gasteiger partial charge in [0.05, 0.1) is 5.39 Å². The molecule has 4 aromatic heterocycles. The zero-order chi connectivity index (χ0) is 22.8. The van der Waals surface area contributed by atoms with Crippen LogP contribution in [-0.4, -0.2) is 25.1 Å². The Morgan fingerprint density at radius 1 is 0.971 bits per heavy atom. The van der Waals surface area contributed by atoms with Gasteiger partial charge in [-0.15, -0.1) is 0 Å². The summed E-state index contributed by atoms with van der Waals surface area (Å²) >= 11 is 6.08. The van der Waals surface area contributed by atoms with Crippen LogP contribution in [0.25, 0.3) is 34.0 Å². The van der Waals surface area contributed by atoms with Gasteiger partial charge in [0.1, 0.15) is 22.3 Å². The maximum Gasteiger partial charge on any atom is 0.183 e. The number of pyridine rings is 1. The summed E-state index contributed by atoms with van der Waals surface area (Å²) in [5.41, 5.74) is 3.27. The summed E-state index contributed by atoms with van der Waals surface area (Å²) in [4.78, 5) is 14.3. The first kappa shape index (κ1) is 20.6. The van der Waals surface area contributed by atoms with E-state index in [-0.39, 0.29) is 0 Å². The topological polar surface area (TPSA) is 80.5 Å². The van der Waals surface area contributed by atoms with Crippen molar-refractivity contribution in [3.8, 4) is 23.0 Å². The quantitative estimate of drug-likeness (QED) is 0.321. The van der Waals surface area contributed by atoms with Crippen LogP contribution in [0.3, 0.4) is 0 Å². The summed E-state index contributed by atoms with van der Waals surface area (Å²) in [6.45, 7) is 2.45. The number of aromatic nitrogens is 5. The van der Waals surface area contributed by atoms with Crippen LogP contribution >= 0.6 is 11.6 Å². The SMILES string of the molecule is C[C@H]1C2CCC(CC2)[C@@H]1Cc1cc(-c2ccc(C3CC3)o2)nc(-c2[nH]nc3nc(Cl)ccc23)n1. The fourth-order valence-corrected chi connectivity index (χ4v) is 6.58. The van der Waals surface area contributed by atoms with Gasteiger partial charge in [0.2, 0.25) is 0 Å². The Morgan fingerprint density at radius 2 is 1.79 bits per heavy atom. The number of fused-ring (bicyclic) bond motifs is 4. The summed E-state index contributed by atoms with van der Waals surface area (Å²) < 4.78 is 6.24. The number of halogens is 1. The molecule has 6 nitrogen and oxygen atoms in total. The first-order valence-corrected chi connectivity index (χ1v) is 13.0. The molecule has 174 valence electrons. The van der Waals surface area contributed by atoms with Gasteiger partial charge in [-0.1, -0.05) is 18.5 Å². The lowest BCUT2D eigenvalue weighted by molar-refractivity contribution is 0.0339. The number of hydrogen-bond donors (Lipinski definition) is 1. The highest BCUT2D eigenvalue weighted by atomic mass is 35.5. The average molecular weight is 474 g/mol. The van der Waals surface area contributed by atoms with Crippen LogP contribution in [-0.2, 0) is 6.42 Å². The summed E-state index contributed by atoms with van der Waals surface area (Å²) in [7, 11) is 0. The molecular weight excluding hydrogens is 446 g/mol. The third-order valence-electron chi connectivity index (χ3n) is 8.53. The first-order valence-electron chi connectivity index (χ1n) is 12.6. The van der Waals surface area contributed by atoms with Crippen LogP contribution in [0.2, 0.25) is 5.15 Å². The van der Waals surface area contributed by atoms with Crippen molar-refractivity contribution in [2.45, 2.75) is 57.8 Å². The van der Waals surface area contributed by atoms with Gasteiger partial charge >= 0.3 is 0 Å². The molecule has 0 radical (unpaired) electrons. The van der Waals surface area contributed by atoms with Gasteiger partial charge in [-0.3, -0.25) is 5.10 Å². The van der Waals surface area contributed by atoms with Crippen LogP contribution in [0.15, 0.2) is 34.7 Å². The van der Waals surface area contributed by atoms with Crippen LogP contribution in [0.5, 0.6) is 0 Å². The second-order valence-electron chi connectivity index (χ2n) is 10.6. The predicted octanol–water partition coefficient (Wildman–Crippen LogP) is 6.82. The third-order valence-corrected chi connectivity index (χ3v) is 8.74. The van der Waals surface area contributed by atoms with Crippen LogP contribution in [0.1, 0.15) is 62.8 Å². The van der Waals surface area contributed by atoms with Gasteiger partial charge < -0.3 is 4.42 Å². The maximum atomic E-state index is 6.24. The van der Waals surface area contributed by atoms with E-state index in [4.69, 9.17) is 26.0 Å². The second-order valence-corrected chi connectivity index (χ2v) is 10.9. The summed E-state index contributed by atoms with van der Waals surface area (Å²) in [5.74, 6) is 6.20. The van der Waals surface area contributed by atoms with Gasteiger partial charge in [0.25, 0.3) is 0 Å². The molecule has 4 fully saturated rings. The van der Waals surface area contributed by atoms with Crippen LogP contribution < -0.4 is 0 Å². The number of aromatic amines is 1. The molecule has 4 saturated carbocycles. The largest absolute Gasteiger partial charge is 0.459 e. The molecule has 4 aliphatic carbocycles. The lowest BCUT2D eigenvalue weighted by Crippen LogP contribution is -2.39. The molecule has 0 aliphatic heterocycles. The van der Waals surface area contributed by atoms with Gasteiger partial charge in [-0.05, 0) is 98.9 Å². The monoisotopic (exact) mass is 473 g/mol. The minimum Gasteiger partial charge on any atom is -0.459 e. The molecule has 4 heterocycles. The van der Waals surface area contributed by atoms with Crippen molar-refractivity contribution < 1.29 is 4.42 Å². The first-order chi connectivity index (χ1) is 16.6. The highest BCUT2D eigenvalue weighted by molar-refractivity contribution is 6.29. The number of H-pyrrole nitrogens is 1. The molecule has 0 aromatic carbocycles. The molecule has 0 spiro atoms. The van der Waals surface area contributed by atoms with E-state index in [0.717, 1.165) is 58.2 Å². The number of nitrogens with zero attached hydrogens (tertiary/aromatic N) is 4. The highest BCUT2D eigenvalue weighted by Gasteiger charge is 2.41. The molecule has 2 bridgehead atoms. The van der Waals surface area contributed by atoms with E-state index in [1.165, 1.54) is 38.5 Å². The Labute approximate surface area is 203 Å². The number of furan rings is 1. The molecule has 1 N–H and O–H groups in total. The molecule has 0 unspecified atom stereocenters. The average Bonchev–Trinajstić information content (AvgIpc) is 3.43. The highest BCUT2D eigenvalue weighted by Crippen LogP contribution is 2.50. The van der Waals surface area contributed by atoms with Gasteiger partial charge in [0.15, 0.2) is 17.2 Å². The van der Waals surface area contributed by atoms with Crippen molar-refractivity contribution in [1.29, 1.82) is 0 Å². The lowest BCUT2D eigenvalue weighted by atomic mass is 9.58. The van der Waals surface area contributed by atoms with Gasteiger partial charge in [0, 0.05) is 11.6 Å². The van der Waals surface area contributed by atoms with Crippen LogP contribution in [0, 0.1) is 23.7 Å². The van der Waals surface area contributed by atoms with Crippen molar-refractivity contribution in [2.24, 2.45) is 23.7 Å². The summed E-state index contributed by atoms with van der Waals surface area (Å²) in [6, 6.07) is 10.0. The van der Waals surface area contributed by atoms with Gasteiger partial charge in [-0.25, -0.2) is 15.0 Å². The van der Waals surface area contributed by atoms with Crippen molar-refractivity contribution in [1.82, 2.24) is 25.1 Å². The number of rotatable bonds is 5. The van der Waals surface area contributed by atoms with E-state index in [0.29, 0.717) is 28.5 Å². The van der Waals surface area contributed by atoms with Crippen molar-refractivity contribution >= 4 is 22.6 Å².